The van der Waals surface area contributed by atoms with E-state index in [1.165, 1.54) is 7.11 Å². The average molecular weight is 412 g/mol. The molecule has 29 heavy (non-hydrogen) atoms. The van der Waals surface area contributed by atoms with Crippen LogP contribution in [0.25, 0.3) is 0 Å². The second-order valence-electron chi connectivity index (χ2n) is 10.7. The molecule has 4 bridgehead atoms. The van der Waals surface area contributed by atoms with Crippen LogP contribution >= 0.6 is 0 Å². The van der Waals surface area contributed by atoms with Gasteiger partial charge in [-0.1, -0.05) is 13.8 Å². The molecule has 6 rings (SSSR count). The van der Waals surface area contributed by atoms with Gasteiger partial charge in [0.15, 0.2) is 5.78 Å². The van der Waals surface area contributed by atoms with Gasteiger partial charge in [-0.2, -0.15) is 0 Å². The van der Waals surface area contributed by atoms with E-state index in [0.717, 1.165) is 0 Å². The Labute approximate surface area is 169 Å². The summed E-state index contributed by atoms with van der Waals surface area (Å²) in [5, 5.41) is 57.1. The fourth-order valence-corrected chi connectivity index (χ4v) is 8.50. The summed E-state index contributed by atoms with van der Waals surface area (Å²) >= 11 is 0. The number of hydrogen-bond donors (Lipinski definition) is 5. The predicted octanol–water partition coefficient (Wildman–Crippen LogP) is -0.947. The zero-order valence-electron chi connectivity index (χ0n) is 17.1. The van der Waals surface area contributed by atoms with Gasteiger partial charge in [0.2, 0.25) is 5.79 Å². The molecule has 6 fully saturated rings. The van der Waals surface area contributed by atoms with Gasteiger partial charge in [0.25, 0.3) is 0 Å². The fourth-order valence-electron chi connectivity index (χ4n) is 8.50. The van der Waals surface area contributed by atoms with Crippen molar-refractivity contribution in [1.82, 2.24) is 0 Å². The molecule has 4 aliphatic carbocycles. The smallest absolute Gasteiger partial charge is 0.208 e. The van der Waals surface area contributed by atoms with Gasteiger partial charge in [-0.15, -0.1) is 0 Å². The molecule has 0 aromatic heterocycles. The first-order valence-corrected chi connectivity index (χ1v) is 10.6. The van der Waals surface area contributed by atoms with Gasteiger partial charge >= 0.3 is 0 Å². The predicted molar refractivity (Wildman–Crippen MR) is 98.3 cm³/mol. The average Bonchev–Trinajstić information content (AvgIpc) is 2.78. The number of fused-ring (bicyclic) bond motifs is 2. The third-order valence-electron chi connectivity index (χ3n) is 9.40. The number of aliphatic hydroxyl groups excluding tert-OH is 4. The molecule has 0 aromatic carbocycles. The first-order chi connectivity index (χ1) is 13.5. The Kier molecular flexibility index (Phi) is 4.05. The maximum Gasteiger partial charge on any atom is 0.208 e. The van der Waals surface area contributed by atoms with Crippen molar-refractivity contribution in [2.45, 2.75) is 63.3 Å². The second-order valence-corrected chi connectivity index (χ2v) is 10.7. The number of methoxy groups -OCH3 is 1. The van der Waals surface area contributed by atoms with Gasteiger partial charge in [0, 0.05) is 36.2 Å². The lowest BCUT2D eigenvalue weighted by atomic mass is 9.35. The number of Topliss-reactive ketones (excluding diaryl/α,β-unsaturated/α-hetero) is 1. The van der Waals surface area contributed by atoms with E-state index in [9.17, 15) is 30.3 Å². The molecule has 5 N–H and O–H groups in total. The van der Waals surface area contributed by atoms with Gasteiger partial charge in [0.05, 0.1) is 31.5 Å². The molecule has 6 aliphatic rings. The Morgan fingerprint density at radius 2 is 1.83 bits per heavy atom. The van der Waals surface area contributed by atoms with Crippen LogP contribution in [-0.2, 0) is 14.3 Å². The first-order valence-electron chi connectivity index (χ1n) is 10.6. The van der Waals surface area contributed by atoms with E-state index >= 15 is 0 Å². The summed E-state index contributed by atoms with van der Waals surface area (Å²) in [6, 6.07) is 0. The van der Waals surface area contributed by atoms with E-state index < -0.39 is 75.9 Å². The molecular weight excluding hydrogens is 380 g/mol. The maximum atomic E-state index is 13.8. The van der Waals surface area contributed by atoms with Crippen LogP contribution < -0.4 is 0 Å². The standard InChI is InChI=1S/C21H32O8/c1-18(2)5-4-12(23)19-8-29-21(27,17(26)14(18)19)20-13(19)11(22)6-9(15(20)24)10(7-28-3)16(20)25/h9-15,17,22-24,26-27H,4-8H2,1-3H3. The highest BCUT2D eigenvalue weighted by atomic mass is 16.6. The van der Waals surface area contributed by atoms with Crippen molar-refractivity contribution < 1.29 is 39.8 Å². The lowest BCUT2D eigenvalue weighted by molar-refractivity contribution is -0.465. The molecule has 8 heteroatoms. The molecule has 0 radical (unpaired) electrons. The molecule has 4 saturated carbocycles. The molecule has 2 spiro atoms. The van der Waals surface area contributed by atoms with Gasteiger partial charge in [-0.05, 0) is 24.7 Å². The van der Waals surface area contributed by atoms with Crippen molar-refractivity contribution in [3.8, 4) is 0 Å². The molecule has 0 aromatic rings. The van der Waals surface area contributed by atoms with Crippen LogP contribution in [0.3, 0.4) is 0 Å². The number of aliphatic hydroxyl groups is 5. The highest BCUT2D eigenvalue weighted by Crippen LogP contribution is 2.76. The first kappa shape index (κ1) is 20.3. The third-order valence-corrected chi connectivity index (χ3v) is 9.40. The molecule has 0 amide bonds. The summed E-state index contributed by atoms with van der Waals surface area (Å²) in [5.41, 5.74) is -3.47. The lowest BCUT2D eigenvalue weighted by Crippen LogP contribution is -2.87. The number of rotatable bonds is 2. The zero-order chi connectivity index (χ0) is 21.1. The van der Waals surface area contributed by atoms with Gasteiger partial charge in [0.1, 0.15) is 11.5 Å². The SMILES string of the molecule is COCC1C(=O)C23C(O)C1CC(O)C2C12COC3(O)C(O)C1C(C)(C)CCC2O. The quantitative estimate of drug-likeness (QED) is 0.392. The fraction of sp³-hybridized carbons (Fsp3) is 0.952. The van der Waals surface area contributed by atoms with E-state index in [1.807, 2.05) is 13.8 Å². The number of carbonyl (C=O) groups excluding carboxylic acids is 1. The van der Waals surface area contributed by atoms with Gasteiger partial charge < -0.3 is 35.0 Å². The summed E-state index contributed by atoms with van der Waals surface area (Å²) in [7, 11) is 1.46. The topological polar surface area (TPSA) is 137 Å². The van der Waals surface area contributed by atoms with Crippen LogP contribution in [0.1, 0.15) is 33.1 Å². The van der Waals surface area contributed by atoms with Crippen LogP contribution in [0.2, 0.25) is 0 Å². The van der Waals surface area contributed by atoms with Crippen molar-refractivity contribution in [1.29, 1.82) is 0 Å². The molecule has 2 saturated heterocycles. The lowest BCUT2D eigenvalue weighted by Gasteiger charge is -2.75. The molecular formula is C21H32O8. The van der Waals surface area contributed by atoms with Crippen molar-refractivity contribution >= 4 is 5.78 Å². The van der Waals surface area contributed by atoms with E-state index in [-0.39, 0.29) is 19.6 Å². The number of ether oxygens (including phenoxy) is 2. The molecule has 11 unspecified atom stereocenters. The van der Waals surface area contributed by atoms with Crippen LogP contribution in [0, 0.1) is 39.9 Å². The summed E-state index contributed by atoms with van der Waals surface area (Å²) in [4.78, 5) is 13.8. The molecule has 2 heterocycles. The largest absolute Gasteiger partial charge is 0.393 e. The van der Waals surface area contributed by atoms with Crippen LogP contribution in [0.15, 0.2) is 0 Å². The minimum absolute atomic E-state index is 0.0540. The van der Waals surface area contributed by atoms with Crippen molar-refractivity contribution in [2.75, 3.05) is 20.3 Å². The number of carbonyl (C=O) groups is 1. The van der Waals surface area contributed by atoms with Gasteiger partial charge in [-0.3, -0.25) is 4.79 Å². The van der Waals surface area contributed by atoms with E-state index in [0.29, 0.717) is 12.8 Å². The molecule has 8 nitrogen and oxygen atoms in total. The second kappa shape index (κ2) is 5.79. The summed E-state index contributed by atoms with van der Waals surface area (Å²) < 4.78 is 11.0. The highest BCUT2D eigenvalue weighted by Gasteiger charge is 2.88. The molecule has 11 atom stereocenters. The van der Waals surface area contributed by atoms with Crippen molar-refractivity contribution in [3.63, 3.8) is 0 Å². The Balaban J connectivity index is 1.79. The molecule has 2 aliphatic heterocycles. The van der Waals surface area contributed by atoms with E-state index in [2.05, 4.69) is 0 Å². The highest BCUT2D eigenvalue weighted by molar-refractivity contribution is 5.93. The normalized spacial score (nSPS) is 60.1. The Morgan fingerprint density at radius 1 is 1.14 bits per heavy atom. The van der Waals surface area contributed by atoms with E-state index in [4.69, 9.17) is 9.47 Å². The van der Waals surface area contributed by atoms with Crippen LogP contribution in [0.4, 0.5) is 0 Å². The zero-order valence-corrected chi connectivity index (χ0v) is 17.1. The van der Waals surface area contributed by atoms with Crippen molar-refractivity contribution in [3.05, 3.63) is 0 Å². The maximum absolute atomic E-state index is 13.8. The van der Waals surface area contributed by atoms with Crippen LogP contribution in [0.5, 0.6) is 0 Å². The summed E-state index contributed by atoms with van der Waals surface area (Å²) in [6.45, 7) is 3.94. The Hall–Kier alpha value is -0.610. The number of hydrogen-bond acceptors (Lipinski definition) is 8. The van der Waals surface area contributed by atoms with Crippen molar-refractivity contribution in [2.24, 2.45) is 39.9 Å². The minimum atomic E-state index is -2.32. The van der Waals surface area contributed by atoms with E-state index in [1.54, 1.807) is 0 Å². The summed E-state index contributed by atoms with van der Waals surface area (Å²) in [5.74, 6) is -5.56. The monoisotopic (exact) mass is 412 g/mol. The third kappa shape index (κ3) is 1.90. The Morgan fingerprint density at radius 3 is 2.48 bits per heavy atom. The Bertz CT molecular complexity index is 740. The molecule has 164 valence electrons. The summed E-state index contributed by atoms with van der Waals surface area (Å²) in [6.07, 6.45) is -3.44. The van der Waals surface area contributed by atoms with Crippen LogP contribution in [-0.4, -0.2) is 81.8 Å². The minimum Gasteiger partial charge on any atom is -0.393 e. The van der Waals surface area contributed by atoms with Gasteiger partial charge in [-0.25, -0.2) is 0 Å². The number of ketones is 1.